The number of likely N-dealkylation sites (N-methyl/N-ethyl adjacent to an activating group) is 1. The van der Waals surface area contributed by atoms with Gasteiger partial charge in [0.1, 0.15) is 0 Å². The summed E-state index contributed by atoms with van der Waals surface area (Å²) >= 11 is 0. The number of piperidine rings is 1. The van der Waals surface area contributed by atoms with Gasteiger partial charge in [0.2, 0.25) is 0 Å². The van der Waals surface area contributed by atoms with Crippen molar-refractivity contribution < 1.29 is 0 Å². The van der Waals surface area contributed by atoms with E-state index in [-0.39, 0.29) is 0 Å². The van der Waals surface area contributed by atoms with E-state index in [0.717, 1.165) is 23.8 Å². The van der Waals surface area contributed by atoms with E-state index in [4.69, 9.17) is 0 Å². The van der Waals surface area contributed by atoms with E-state index >= 15 is 0 Å². The van der Waals surface area contributed by atoms with Crippen molar-refractivity contribution in [3.63, 3.8) is 0 Å². The number of likely N-dealkylation sites (tertiary alicyclic amines) is 1. The maximum atomic E-state index is 2.62. The molecule has 1 aliphatic carbocycles. The summed E-state index contributed by atoms with van der Waals surface area (Å²) in [5.74, 6) is 2.45. The number of rotatable bonds is 2. The van der Waals surface area contributed by atoms with E-state index in [9.17, 15) is 0 Å². The Morgan fingerprint density at radius 3 is 2.44 bits per heavy atom. The molecule has 0 aromatic heterocycles. The molecule has 1 nitrogen and oxygen atoms in total. The van der Waals surface area contributed by atoms with Crippen molar-refractivity contribution in [2.75, 3.05) is 13.6 Å². The zero-order valence-corrected chi connectivity index (χ0v) is 13.0. The van der Waals surface area contributed by atoms with Crippen molar-refractivity contribution >= 4 is 0 Å². The van der Waals surface area contributed by atoms with E-state index in [1.54, 1.807) is 5.57 Å². The lowest BCUT2D eigenvalue weighted by Gasteiger charge is -2.43. The summed E-state index contributed by atoms with van der Waals surface area (Å²) in [5, 5.41) is 0. The predicted octanol–water partition coefficient (Wildman–Crippen LogP) is 4.49. The van der Waals surface area contributed by atoms with Gasteiger partial charge in [0.15, 0.2) is 0 Å². The molecule has 18 heavy (non-hydrogen) atoms. The Balaban J connectivity index is 2.31. The molecule has 1 fully saturated rings. The second kappa shape index (κ2) is 5.77. The molecule has 0 amide bonds. The highest BCUT2D eigenvalue weighted by Gasteiger charge is 2.34. The largest absolute Gasteiger partial charge is 0.300 e. The fourth-order valence-corrected chi connectivity index (χ4v) is 4.05. The van der Waals surface area contributed by atoms with Gasteiger partial charge in [0.25, 0.3) is 0 Å². The molecule has 0 aromatic rings. The van der Waals surface area contributed by atoms with Crippen molar-refractivity contribution in [2.24, 2.45) is 17.8 Å². The first-order chi connectivity index (χ1) is 8.52. The Morgan fingerprint density at radius 2 is 1.83 bits per heavy atom. The van der Waals surface area contributed by atoms with Crippen LogP contribution in [0.5, 0.6) is 0 Å². The molecule has 1 heteroatoms. The van der Waals surface area contributed by atoms with Crippen molar-refractivity contribution in [3.05, 3.63) is 11.1 Å². The molecule has 3 atom stereocenters. The first-order valence-electron chi connectivity index (χ1n) is 7.93. The molecule has 1 saturated heterocycles. The van der Waals surface area contributed by atoms with Gasteiger partial charge in [-0.25, -0.2) is 0 Å². The summed E-state index contributed by atoms with van der Waals surface area (Å²) in [6.07, 6.45) is 7.01. The molecular weight excluding hydrogens is 218 g/mol. The van der Waals surface area contributed by atoms with Crippen LogP contribution >= 0.6 is 0 Å². The van der Waals surface area contributed by atoms with Crippen LogP contribution in [-0.4, -0.2) is 24.5 Å². The number of allylic oxidation sites excluding steroid dienone is 1. The third-order valence-electron chi connectivity index (χ3n) is 5.44. The SMILES string of the molecule is CC1=C(C2CCCCN2C)C(C(C)C)CC[C@H]1C. The molecule has 0 N–H and O–H groups in total. The van der Waals surface area contributed by atoms with Crippen LogP contribution < -0.4 is 0 Å². The number of hydrogen-bond acceptors (Lipinski definition) is 1. The minimum Gasteiger partial charge on any atom is -0.300 e. The Morgan fingerprint density at radius 1 is 1.11 bits per heavy atom. The molecule has 0 spiro atoms. The first-order valence-corrected chi connectivity index (χ1v) is 7.93. The Bertz CT molecular complexity index is 316. The highest BCUT2D eigenvalue weighted by Crippen LogP contribution is 2.42. The maximum absolute atomic E-state index is 2.62. The lowest BCUT2D eigenvalue weighted by molar-refractivity contribution is 0.182. The highest BCUT2D eigenvalue weighted by atomic mass is 15.1. The average Bonchev–Trinajstić information content (AvgIpc) is 2.33. The summed E-state index contributed by atoms with van der Waals surface area (Å²) in [4.78, 5) is 2.62. The molecule has 1 heterocycles. The molecule has 0 radical (unpaired) electrons. The van der Waals surface area contributed by atoms with E-state index in [1.165, 1.54) is 38.6 Å². The number of hydrogen-bond donors (Lipinski definition) is 0. The third kappa shape index (κ3) is 2.66. The predicted molar refractivity (Wildman–Crippen MR) is 79.7 cm³/mol. The first kappa shape index (κ1) is 14.1. The standard InChI is InChI=1S/C17H31N/c1-12(2)15-10-9-13(3)14(4)17(15)16-8-6-7-11-18(16)5/h12-13,15-16H,6-11H2,1-5H3/t13-,15?,16?/m1/s1. The summed E-state index contributed by atoms with van der Waals surface area (Å²) in [6.45, 7) is 11.0. The van der Waals surface area contributed by atoms with Gasteiger partial charge >= 0.3 is 0 Å². The monoisotopic (exact) mass is 249 g/mol. The van der Waals surface area contributed by atoms with Crippen molar-refractivity contribution in [2.45, 2.75) is 65.8 Å². The molecule has 104 valence electrons. The molecule has 2 rings (SSSR count). The van der Waals surface area contributed by atoms with Crippen LogP contribution in [0.2, 0.25) is 0 Å². The molecule has 0 bridgehead atoms. The van der Waals surface area contributed by atoms with Gasteiger partial charge in [-0.1, -0.05) is 38.3 Å². The van der Waals surface area contributed by atoms with Crippen LogP contribution in [-0.2, 0) is 0 Å². The van der Waals surface area contributed by atoms with Crippen LogP contribution in [0.4, 0.5) is 0 Å². The average molecular weight is 249 g/mol. The molecule has 0 saturated carbocycles. The van der Waals surface area contributed by atoms with Gasteiger partial charge in [-0.05, 0) is 64.0 Å². The van der Waals surface area contributed by atoms with Gasteiger partial charge < -0.3 is 0 Å². The Hall–Kier alpha value is -0.300. The van der Waals surface area contributed by atoms with Gasteiger partial charge in [-0.2, -0.15) is 0 Å². The lowest BCUT2D eigenvalue weighted by atomic mass is 9.69. The van der Waals surface area contributed by atoms with E-state index in [1.807, 2.05) is 5.57 Å². The topological polar surface area (TPSA) is 3.24 Å². The van der Waals surface area contributed by atoms with Gasteiger partial charge in [-0.15, -0.1) is 0 Å². The summed E-state index contributed by atoms with van der Waals surface area (Å²) in [5.41, 5.74) is 3.55. The van der Waals surface area contributed by atoms with Gasteiger partial charge in [-0.3, -0.25) is 4.90 Å². The second-order valence-electron chi connectivity index (χ2n) is 6.96. The Labute approximate surface area is 114 Å². The zero-order chi connectivity index (χ0) is 13.3. The van der Waals surface area contributed by atoms with Gasteiger partial charge in [0.05, 0.1) is 0 Å². The quantitative estimate of drug-likeness (QED) is 0.652. The molecule has 2 aliphatic rings. The minimum atomic E-state index is 0.744. The van der Waals surface area contributed by atoms with Crippen molar-refractivity contribution in [1.29, 1.82) is 0 Å². The normalized spacial score (nSPS) is 35.3. The van der Waals surface area contributed by atoms with E-state index < -0.39 is 0 Å². The van der Waals surface area contributed by atoms with E-state index in [2.05, 4.69) is 39.6 Å². The molecule has 0 aromatic carbocycles. The van der Waals surface area contributed by atoms with Crippen LogP contribution in [0.1, 0.15) is 59.8 Å². The number of nitrogens with zero attached hydrogens (tertiary/aromatic N) is 1. The minimum absolute atomic E-state index is 0.744. The smallest absolute Gasteiger partial charge is 0.0309 e. The third-order valence-corrected chi connectivity index (χ3v) is 5.44. The molecule has 1 aliphatic heterocycles. The maximum Gasteiger partial charge on any atom is 0.0309 e. The lowest BCUT2D eigenvalue weighted by Crippen LogP contribution is -2.42. The van der Waals surface area contributed by atoms with Crippen LogP contribution in [0.3, 0.4) is 0 Å². The highest BCUT2D eigenvalue weighted by molar-refractivity contribution is 5.26. The van der Waals surface area contributed by atoms with Crippen LogP contribution in [0, 0.1) is 17.8 Å². The van der Waals surface area contributed by atoms with Crippen molar-refractivity contribution in [3.8, 4) is 0 Å². The Kier molecular flexibility index (Phi) is 4.53. The summed E-state index contributed by atoms with van der Waals surface area (Å²) < 4.78 is 0. The molecule has 2 unspecified atom stereocenters. The summed E-state index contributed by atoms with van der Waals surface area (Å²) in [6, 6.07) is 0.744. The zero-order valence-electron chi connectivity index (χ0n) is 13.0. The van der Waals surface area contributed by atoms with Crippen molar-refractivity contribution in [1.82, 2.24) is 4.90 Å². The van der Waals surface area contributed by atoms with Crippen LogP contribution in [0.15, 0.2) is 11.1 Å². The van der Waals surface area contributed by atoms with E-state index in [0.29, 0.717) is 0 Å². The second-order valence-corrected chi connectivity index (χ2v) is 6.96. The van der Waals surface area contributed by atoms with Gasteiger partial charge in [0, 0.05) is 6.04 Å². The fraction of sp³-hybridized carbons (Fsp3) is 0.882. The summed E-state index contributed by atoms with van der Waals surface area (Å²) in [7, 11) is 2.33. The van der Waals surface area contributed by atoms with Crippen LogP contribution in [0.25, 0.3) is 0 Å². The fourth-order valence-electron chi connectivity index (χ4n) is 4.05. The molecular formula is C17H31N.